The first-order valence-corrected chi connectivity index (χ1v) is 10.9. The highest BCUT2D eigenvalue weighted by Gasteiger charge is 2.48. The van der Waals surface area contributed by atoms with Gasteiger partial charge >= 0.3 is 5.91 Å². The van der Waals surface area contributed by atoms with E-state index >= 15 is 0 Å². The molecule has 1 unspecified atom stereocenters. The minimum Gasteiger partial charge on any atom is -0.507 e. The van der Waals surface area contributed by atoms with Crippen molar-refractivity contribution >= 4 is 46.0 Å². The number of halogens is 1. The van der Waals surface area contributed by atoms with Crippen LogP contribution in [0.1, 0.15) is 22.7 Å². The number of aliphatic hydroxyl groups excluding tert-OH is 1. The van der Waals surface area contributed by atoms with Crippen molar-refractivity contribution in [3.05, 3.63) is 94.0 Å². The Morgan fingerprint density at radius 1 is 1.09 bits per heavy atom. The van der Waals surface area contributed by atoms with E-state index in [1.165, 1.54) is 18.1 Å². The summed E-state index contributed by atoms with van der Waals surface area (Å²) in [7, 11) is 1.48. The third-order valence-electron chi connectivity index (χ3n) is 5.84. The number of aromatic amines is 1. The first kappa shape index (κ1) is 21.7. The summed E-state index contributed by atoms with van der Waals surface area (Å²) in [5.74, 6) is -1.27. The van der Waals surface area contributed by atoms with Crippen molar-refractivity contribution in [3.8, 4) is 5.75 Å². The molecule has 1 amide bonds. The number of hydrogen-bond donors (Lipinski definition) is 2. The minimum absolute atomic E-state index is 0.0472. The number of nitrogens with zero attached hydrogens (tertiary/aromatic N) is 2. The SMILES string of the molecule is COc1ccc(/C(O)=C2\C(=O)C(=O)N(c3nc4ccc(C)cc4[nH]3)C2c2ccccc2)cc1Cl. The number of amides is 1. The predicted molar refractivity (Wildman–Crippen MR) is 130 cm³/mol. The number of carbonyl (C=O) groups is 2. The maximum absolute atomic E-state index is 13.3. The molecule has 0 radical (unpaired) electrons. The second-order valence-electron chi connectivity index (χ2n) is 8.01. The zero-order valence-corrected chi connectivity index (χ0v) is 19.1. The molecule has 0 spiro atoms. The number of carbonyl (C=O) groups excluding carboxylic acids is 2. The van der Waals surface area contributed by atoms with Crippen LogP contribution < -0.4 is 9.64 Å². The highest BCUT2D eigenvalue weighted by molar-refractivity contribution is 6.51. The fraction of sp³-hybridized carbons (Fsp3) is 0.115. The Morgan fingerprint density at radius 2 is 1.85 bits per heavy atom. The van der Waals surface area contributed by atoms with Crippen molar-refractivity contribution in [1.29, 1.82) is 0 Å². The third kappa shape index (κ3) is 3.50. The molecule has 1 aliphatic rings. The summed E-state index contributed by atoms with van der Waals surface area (Å²) in [5, 5.41) is 11.5. The second kappa shape index (κ2) is 8.35. The normalized spacial score (nSPS) is 17.5. The van der Waals surface area contributed by atoms with Gasteiger partial charge in [0, 0.05) is 5.56 Å². The summed E-state index contributed by atoms with van der Waals surface area (Å²) >= 11 is 6.25. The van der Waals surface area contributed by atoms with Gasteiger partial charge in [0.2, 0.25) is 5.95 Å². The van der Waals surface area contributed by atoms with Gasteiger partial charge in [-0.25, -0.2) is 4.98 Å². The van der Waals surface area contributed by atoms with Gasteiger partial charge in [0.15, 0.2) is 0 Å². The number of Topliss-reactive ketones (excluding diaryl/α,β-unsaturated/α-hetero) is 1. The van der Waals surface area contributed by atoms with Crippen LogP contribution in [0, 0.1) is 6.92 Å². The highest BCUT2D eigenvalue weighted by atomic mass is 35.5. The van der Waals surface area contributed by atoms with E-state index < -0.39 is 17.7 Å². The van der Waals surface area contributed by atoms with Gasteiger partial charge in [-0.15, -0.1) is 0 Å². The number of aliphatic hydroxyl groups is 1. The van der Waals surface area contributed by atoms with Crippen LogP contribution in [0.2, 0.25) is 5.02 Å². The Kier molecular flexibility index (Phi) is 5.34. The van der Waals surface area contributed by atoms with Crippen molar-refractivity contribution < 1.29 is 19.4 Å². The standard InChI is InChI=1S/C26H20ClN3O4/c1-14-8-10-18-19(12-14)29-26(28-18)30-22(15-6-4-3-5-7-15)21(24(32)25(30)33)23(31)16-9-11-20(34-2)17(27)13-16/h3-13,22,31H,1-2H3,(H,28,29)/b23-21+. The smallest absolute Gasteiger partial charge is 0.302 e. The molecular formula is C26H20ClN3O4. The lowest BCUT2D eigenvalue weighted by molar-refractivity contribution is -0.132. The fourth-order valence-corrected chi connectivity index (χ4v) is 4.45. The van der Waals surface area contributed by atoms with Gasteiger partial charge < -0.3 is 14.8 Å². The molecule has 0 bridgehead atoms. The van der Waals surface area contributed by atoms with E-state index in [4.69, 9.17) is 16.3 Å². The number of aryl methyl sites for hydroxylation is 1. The molecule has 0 aliphatic carbocycles. The van der Waals surface area contributed by atoms with E-state index in [1.54, 1.807) is 24.3 Å². The van der Waals surface area contributed by atoms with Crippen LogP contribution in [0.3, 0.4) is 0 Å². The molecule has 1 saturated heterocycles. The lowest BCUT2D eigenvalue weighted by Crippen LogP contribution is -2.30. The molecule has 1 fully saturated rings. The number of nitrogens with one attached hydrogen (secondary N) is 1. The van der Waals surface area contributed by atoms with Gasteiger partial charge in [-0.1, -0.05) is 48.0 Å². The Bertz CT molecular complexity index is 1480. The quantitative estimate of drug-likeness (QED) is 0.242. The number of methoxy groups -OCH3 is 1. The van der Waals surface area contributed by atoms with Crippen molar-refractivity contribution in [3.63, 3.8) is 0 Å². The van der Waals surface area contributed by atoms with Crippen molar-refractivity contribution in [1.82, 2.24) is 9.97 Å². The minimum atomic E-state index is -0.885. The third-order valence-corrected chi connectivity index (χ3v) is 6.13. The molecule has 170 valence electrons. The second-order valence-corrected chi connectivity index (χ2v) is 8.42. The molecule has 34 heavy (non-hydrogen) atoms. The fourth-order valence-electron chi connectivity index (χ4n) is 4.19. The lowest BCUT2D eigenvalue weighted by Gasteiger charge is -2.23. The molecule has 1 aliphatic heterocycles. The monoisotopic (exact) mass is 473 g/mol. The Balaban J connectivity index is 1.71. The number of anilines is 1. The summed E-state index contributed by atoms with van der Waals surface area (Å²) in [6.45, 7) is 1.95. The maximum Gasteiger partial charge on any atom is 0.302 e. The maximum atomic E-state index is 13.3. The number of hydrogen-bond acceptors (Lipinski definition) is 5. The number of ether oxygens (including phenoxy) is 1. The highest BCUT2D eigenvalue weighted by Crippen LogP contribution is 2.42. The van der Waals surface area contributed by atoms with Gasteiger partial charge in [-0.2, -0.15) is 0 Å². The van der Waals surface area contributed by atoms with Gasteiger partial charge in [-0.3, -0.25) is 14.5 Å². The van der Waals surface area contributed by atoms with E-state index in [1.807, 2.05) is 43.3 Å². The van der Waals surface area contributed by atoms with Crippen LogP contribution in [0.5, 0.6) is 5.75 Å². The van der Waals surface area contributed by atoms with E-state index in [9.17, 15) is 14.7 Å². The van der Waals surface area contributed by atoms with Gasteiger partial charge in [0.25, 0.3) is 5.78 Å². The molecule has 1 atom stereocenters. The zero-order valence-electron chi connectivity index (χ0n) is 18.4. The van der Waals surface area contributed by atoms with Crippen molar-refractivity contribution in [2.45, 2.75) is 13.0 Å². The zero-order chi connectivity index (χ0) is 24.0. The number of fused-ring (bicyclic) bond motifs is 1. The molecule has 2 N–H and O–H groups in total. The largest absolute Gasteiger partial charge is 0.507 e. The topological polar surface area (TPSA) is 95.5 Å². The summed E-state index contributed by atoms with van der Waals surface area (Å²) < 4.78 is 5.17. The number of H-pyrrole nitrogens is 1. The number of rotatable bonds is 4. The molecule has 3 aromatic carbocycles. The molecule has 2 heterocycles. The van der Waals surface area contributed by atoms with E-state index in [-0.39, 0.29) is 22.3 Å². The molecule has 0 saturated carbocycles. The number of imidazole rings is 1. The summed E-state index contributed by atoms with van der Waals surface area (Å²) in [4.78, 5) is 35.5. The number of benzene rings is 3. The van der Waals surface area contributed by atoms with E-state index in [0.29, 0.717) is 22.4 Å². The molecule has 8 heteroatoms. The van der Waals surface area contributed by atoms with Crippen molar-refractivity contribution in [2.75, 3.05) is 12.0 Å². The number of aromatic nitrogens is 2. The van der Waals surface area contributed by atoms with Crippen molar-refractivity contribution in [2.24, 2.45) is 0 Å². The van der Waals surface area contributed by atoms with Crippen LogP contribution in [-0.2, 0) is 9.59 Å². The molecule has 4 aromatic rings. The Hall–Kier alpha value is -4.10. The van der Waals surface area contributed by atoms with Crippen LogP contribution in [-0.4, -0.2) is 33.9 Å². The molecule has 5 rings (SSSR count). The van der Waals surface area contributed by atoms with Crippen LogP contribution in [0.15, 0.2) is 72.3 Å². The van der Waals surface area contributed by atoms with Gasteiger partial charge in [-0.05, 0) is 48.4 Å². The first-order chi connectivity index (χ1) is 16.4. The lowest BCUT2D eigenvalue weighted by atomic mass is 9.95. The Morgan fingerprint density at radius 3 is 2.56 bits per heavy atom. The summed E-state index contributed by atoms with van der Waals surface area (Å²) in [6.07, 6.45) is 0. The van der Waals surface area contributed by atoms with E-state index in [0.717, 1.165) is 11.1 Å². The average molecular weight is 474 g/mol. The average Bonchev–Trinajstić information content (AvgIpc) is 3.37. The molecular weight excluding hydrogens is 454 g/mol. The molecule has 7 nitrogen and oxygen atoms in total. The summed E-state index contributed by atoms with van der Waals surface area (Å²) in [5.41, 5.74) is 3.33. The van der Waals surface area contributed by atoms with Gasteiger partial charge in [0.05, 0.1) is 34.8 Å². The number of ketones is 1. The van der Waals surface area contributed by atoms with Crippen LogP contribution in [0.25, 0.3) is 16.8 Å². The first-order valence-electron chi connectivity index (χ1n) is 10.5. The van der Waals surface area contributed by atoms with E-state index in [2.05, 4.69) is 9.97 Å². The molecule has 1 aromatic heterocycles. The van der Waals surface area contributed by atoms with Crippen LogP contribution >= 0.6 is 11.6 Å². The predicted octanol–water partition coefficient (Wildman–Crippen LogP) is 5.16. The Labute approximate surface area is 200 Å². The summed E-state index contributed by atoms with van der Waals surface area (Å²) in [6, 6.07) is 18.5. The van der Waals surface area contributed by atoms with Crippen LogP contribution in [0.4, 0.5) is 5.95 Å². The van der Waals surface area contributed by atoms with Gasteiger partial charge in [0.1, 0.15) is 11.5 Å².